The molecule has 0 saturated heterocycles. The monoisotopic (exact) mass is 277 g/mol. The summed E-state index contributed by atoms with van der Waals surface area (Å²) in [5, 5.41) is 21.3. The Bertz CT molecular complexity index is 465. The number of rotatable bonds is 2. The number of benzene rings is 1. The van der Waals surface area contributed by atoms with Crippen LogP contribution in [0.2, 0.25) is 5.02 Å². The first-order valence-corrected chi connectivity index (χ1v) is 7.29. The molecule has 3 heteroatoms. The largest absolute Gasteiger partial charge is 0.384 e. The SMILES string of the molecule is CC(O)(c1ccc(Cl)cc1)C1(C#N)CCCCCC1. The minimum Gasteiger partial charge on any atom is -0.384 e. The van der Waals surface area contributed by atoms with E-state index in [1.165, 1.54) is 0 Å². The van der Waals surface area contributed by atoms with Crippen LogP contribution >= 0.6 is 11.6 Å². The fraction of sp³-hybridized carbons (Fsp3) is 0.562. The van der Waals surface area contributed by atoms with Crippen molar-refractivity contribution in [2.24, 2.45) is 5.41 Å². The summed E-state index contributed by atoms with van der Waals surface area (Å²) in [5.41, 5.74) is -1.03. The summed E-state index contributed by atoms with van der Waals surface area (Å²) < 4.78 is 0. The van der Waals surface area contributed by atoms with Crippen LogP contribution < -0.4 is 0 Å². The molecule has 1 N–H and O–H groups in total. The van der Waals surface area contributed by atoms with Gasteiger partial charge in [-0.25, -0.2) is 0 Å². The number of hydrogen-bond acceptors (Lipinski definition) is 2. The lowest BCUT2D eigenvalue weighted by Crippen LogP contribution is -2.42. The zero-order valence-electron chi connectivity index (χ0n) is 11.3. The van der Waals surface area contributed by atoms with Crippen LogP contribution in [0, 0.1) is 16.7 Å². The maximum absolute atomic E-state index is 11.0. The van der Waals surface area contributed by atoms with Crippen LogP contribution in [0.1, 0.15) is 51.0 Å². The number of nitrogens with zero attached hydrogens (tertiary/aromatic N) is 1. The molecule has 0 aromatic heterocycles. The highest BCUT2D eigenvalue weighted by molar-refractivity contribution is 6.30. The summed E-state index contributed by atoms with van der Waals surface area (Å²) in [4.78, 5) is 0. The molecule has 1 aliphatic rings. The third-order valence-electron chi connectivity index (χ3n) is 4.51. The summed E-state index contributed by atoms with van der Waals surface area (Å²) in [5.74, 6) is 0. The third-order valence-corrected chi connectivity index (χ3v) is 4.76. The molecular weight excluding hydrogens is 258 g/mol. The highest BCUT2D eigenvalue weighted by Gasteiger charge is 2.48. The van der Waals surface area contributed by atoms with Gasteiger partial charge in [0, 0.05) is 5.02 Å². The molecule has 0 radical (unpaired) electrons. The third kappa shape index (κ3) is 2.63. The lowest BCUT2D eigenvalue weighted by Gasteiger charge is -2.40. The average Bonchev–Trinajstić information content (AvgIpc) is 2.65. The summed E-state index contributed by atoms with van der Waals surface area (Å²) >= 11 is 5.90. The van der Waals surface area contributed by atoms with E-state index in [1.807, 2.05) is 12.1 Å². The van der Waals surface area contributed by atoms with Gasteiger partial charge in [-0.05, 0) is 37.5 Å². The maximum Gasteiger partial charge on any atom is 0.105 e. The molecule has 19 heavy (non-hydrogen) atoms. The molecule has 102 valence electrons. The van der Waals surface area contributed by atoms with Gasteiger partial charge in [-0.15, -0.1) is 0 Å². The predicted octanol–water partition coefficient (Wildman–Crippen LogP) is 4.41. The Kier molecular flexibility index (Phi) is 4.18. The van der Waals surface area contributed by atoms with Crippen molar-refractivity contribution in [2.45, 2.75) is 51.0 Å². The maximum atomic E-state index is 11.0. The normalized spacial score (nSPS) is 22.0. The standard InChI is InChI=1S/C16H20ClNO/c1-15(19,13-6-8-14(17)9-7-13)16(12-18)10-4-2-3-5-11-16/h6-9,19H,2-5,10-11H2,1H3. The Morgan fingerprint density at radius 1 is 1.16 bits per heavy atom. The smallest absolute Gasteiger partial charge is 0.105 e. The van der Waals surface area contributed by atoms with Gasteiger partial charge in [0.25, 0.3) is 0 Å². The van der Waals surface area contributed by atoms with Gasteiger partial charge < -0.3 is 5.11 Å². The number of hydrogen-bond donors (Lipinski definition) is 1. The van der Waals surface area contributed by atoms with Gasteiger partial charge >= 0.3 is 0 Å². The van der Waals surface area contributed by atoms with Crippen molar-refractivity contribution in [3.8, 4) is 6.07 Å². The molecule has 1 unspecified atom stereocenters. The van der Waals surface area contributed by atoms with Crippen molar-refractivity contribution in [3.63, 3.8) is 0 Å². The topological polar surface area (TPSA) is 44.0 Å². The molecule has 2 rings (SSSR count). The van der Waals surface area contributed by atoms with Crippen molar-refractivity contribution in [1.82, 2.24) is 0 Å². The molecule has 1 aliphatic carbocycles. The van der Waals surface area contributed by atoms with Gasteiger partial charge in [0.15, 0.2) is 0 Å². The van der Waals surface area contributed by atoms with Crippen LogP contribution in [0.15, 0.2) is 24.3 Å². The van der Waals surface area contributed by atoms with E-state index in [2.05, 4.69) is 6.07 Å². The van der Waals surface area contributed by atoms with Gasteiger partial charge in [-0.3, -0.25) is 0 Å². The first-order chi connectivity index (χ1) is 9.02. The van der Waals surface area contributed by atoms with E-state index in [-0.39, 0.29) is 0 Å². The lowest BCUT2D eigenvalue weighted by molar-refractivity contribution is -0.0533. The van der Waals surface area contributed by atoms with Crippen LogP contribution in [-0.4, -0.2) is 5.11 Å². The number of aliphatic hydroxyl groups is 1. The second kappa shape index (κ2) is 5.53. The van der Waals surface area contributed by atoms with Gasteiger partial charge in [0.2, 0.25) is 0 Å². The van der Waals surface area contributed by atoms with E-state index in [0.717, 1.165) is 44.1 Å². The van der Waals surface area contributed by atoms with Gasteiger partial charge in [0.05, 0.1) is 11.5 Å². The molecule has 1 fully saturated rings. The van der Waals surface area contributed by atoms with E-state index in [9.17, 15) is 10.4 Å². The molecule has 0 bridgehead atoms. The van der Waals surface area contributed by atoms with Gasteiger partial charge in [-0.1, -0.05) is 49.4 Å². The Labute approximate surface area is 120 Å². The Morgan fingerprint density at radius 3 is 2.16 bits per heavy atom. The van der Waals surface area contributed by atoms with Crippen LogP contribution in [0.5, 0.6) is 0 Å². The highest BCUT2D eigenvalue weighted by Crippen LogP contribution is 2.48. The molecule has 0 amide bonds. The van der Waals surface area contributed by atoms with Crippen molar-refractivity contribution in [2.75, 3.05) is 0 Å². The van der Waals surface area contributed by atoms with Crippen LogP contribution in [-0.2, 0) is 5.60 Å². The molecule has 0 aliphatic heterocycles. The van der Waals surface area contributed by atoms with E-state index < -0.39 is 11.0 Å². The Morgan fingerprint density at radius 2 is 1.68 bits per heavy atom. The fourth-order valence-corrected chi connectivity index (χ4v) is 3.22. The van der Waals surface area contributed by atoms with E-state index >= 15 is 0 Å². The minimum absolute atomic E-state index is 0.645. The second-order valence-electron chi connectivity index (χ2n) is 5.69. The average molecular weight is 278 g/mol. The van der Waals surface area contributed by atoms with Gasteiger partial charge in [-0.2, -0.15) is 5.26 Å². The van der Waals surface area contributed by atoms with E-state index in [4.69, 9.17) is 11.6 Å². The lowest BCUT2D eigenvalue weighted by atomic mass is 9.66. The molecular formula is C16H20ClNO. The zero-order valence-corrected chi connectivity index (χ0v) is 12.1. The molecule has 0 heterocycles. The van der Waals surface area contributed by atoms with E-state index in [0.29, 0.717) is 5.02 Å². The molecule has 1 aromatic rings. The van der Waals surface area contributed by atoms with Crippen molar-refractivity contribution in [1.29, 1.82) is 5.26 Å². The summed E-state index contributed by atoms with van der Waals surface area (Å²) in [6.07, 6.45) is 5.85. The van der Waals surface area contributed by atoms with Crippen molar-refractivity contribution >= 4 is 11.6 Å². The quantitative estimate of drug-likeness (QED) is 0.814. The fourth-order valence-electron chi connectivity index (χ4n) is 3.09. The molecule has 0 spiro atoms. The highest BCUT2D eigenvalue weighted by atomic mass is 35.5. The summed E-state index contributed by atoms with van der Waals surface area (Å²) in [6.45, 7) is 1.77. The minimum atomic E-state index is -1.13. The van der Waals surface area contributed by atoms with E-state index in [1.54, 1.807) is 19.1 Å². The molecule has 1 atom stereocenters. The Hall–Kier alpha value is -1.04. The summed E-state index contributed by atoms with van der Waals surface area (Å²) in [7, 11) is 0. The van der Waals surface area contributed by atoms with Crippen LogP contribution in [0.25, 0.3) is 0 Å². The van der Waals surface area contributed by atoms with Gasteiger partial charge in [0.1, 0.15) is 5.60 Å². The van der Waals surface area contributed by atoms with Crippen molar-refractivity contribution < 1.29 is 5.11 Å². The number of nitriles is 1. The first-order valence-electron chi connectivity index (χ1n) is 6.91. The van der Waals surface area contributed by atoms with Crippen LogP contribution in [0.3, 0.4) is 0 Å². The summed E-state index contributed by atoms with van der Waals surface area (Å²) in [6, 6.07) is 9.62. The first kappa shape index (κ1) is 14.4. The Balaban J connectivity index is 2.39. The van der Waals surface area contributed by atoms with Crippen LogP contribution in [0.4, 0.5) is 0 Å². The molecule has 1 saturated carbocycles. The molecule has 2 nitrogen and oxygen atoms in total. The number of halogens is 1. The van der Waals surface area contributed by atoms with Crippen molar-refractivity contribution in [3.05, 3.63) is 34.9 Å². The second-order valence-corrected chi connectivity index (χ2v) is 6.12. The zero-order chi connectivity index (χ0) is 13.9. The predicted molar refractivity (Wildman–Crippen MR) is 76.8 cm³/mol. The molecule has 1 aromatic carbocycles.